The number of esters is 1. The van der Waals surface area contributed by atoms with Crippen LogP contribution in [0.5, 0.6) is 5.88 Å². The number of aromatic nitrogens is 2. The molecule has 3 heterocycles. The van der Waals surface area contributed by atoms with Gasteiger partial charge in [-0.15, -0.1) is 0 Å². The lowest BCUT2D eigenvalue weighted by molar-refractivity contribution is -0.145. The normalized spacial score (nSPS) is 17.9. The molecule has 0 bridgehead atoms. The van der Waals surface area contributed by atoms with Crippen LogP contribution in [0.1, 0.15) is 27.2 Å². The third kappa shape index (κ3) is 4.56. The number of para-hydroxylation sites is 1. The molecule has 1 saturated heterocycles. The third-order valence-corrected chi connectivity index (χ3v) is 5.86. The quantitative estimate of drug-likeness (QED) is 0.370. The van der Waals surface area contributed by atoms with Crippen LogP contribution in [-0.2, 0) is 14.3 Å². The van der Waals surface area contributed by atoms with E-state index in [2.05, 4.69) is 4.98 Å². The van der Waals surface area contributed by atoms with Crippen molar-refractivity contribution in [3.05, 3.63) is 54.6 Å². The van der Waals surface area contributed by atoms with E-state index in [1.807, 2.05) is 54.6 Å². The number of amides is 1. The van der Waals surface area contributed by atoms with Crippen molar-refractivity contribution in [1.29, 1.82) is 0 Å². The molecular formula is C27H27N3O6. The molecule has 2 atom stereocenters. The van der Waals surface area contributed by atoms with Gasteiger partial charge in [0.05, 0.1) is 13.7 Å². The van der Waals surface area contributed by atoms with Crippen molar-refractivity contribution in [2.75, 3.05) is 13.7 Å². The minimum absolute atomic E-state index is 0.126. The van der Waals surface area contributed by atoms with Gasteiger partial charge in [0, 0.05) is 17.4 Å². The molecule has 1 aliphatic heterocycles. The Morgan fingerprint density at radius 3 is 2.47 bits per heavy atom. The Morgan fingerprint density at radius 2 is 1.75 bits per heavy atom. The van der Waals surface area contributed by atoms with Crippen molar-refractivity contribution < 1.29 is 28.2 Å². The van der Waals surface area contributed by atoms with Crippen LogP contribution in [0.25, 0.3) is 33.5 Å². The fraction of sp³-hybridized carbons (Fsp3) is 0.333. The van der Waals surface area contributed by atoms with Gasteiger partial charge in [-0.2, -0.15) is 4.98 Å². The largest absolute Gasteiger partial charge is 0.470 e. The minimum atomic E-state index is -0.837. The first-order valence-corrected chi connectivity index (χ1v) is 11.7. The lowest BCUT2D eigenvalue weighted by atomic mass is 10.2. The Bertz CT molecular complexity index is 1430. The number of carbonyl (C=O) groups is 2. The summed E-state index contributed by atoms with van der Waals surface area (Å²) in [6.07, 6.45) is -0.930. The minimum Gasteiger partial charge on any atom is -0.470 e. The van der Waals surface area contributed by atoms with E-state index in [1.54, 1.807) is 20.8 Å². The van der Waals surface area contributed by atoms with Gasteiger partial charge in [-0.25, -0.2) is 14.6 Å². The van der Waals surface area contributed by atoms with Gasteiger partial charge in [0.1, 0.15) is 28.8 Å². The summed E-state index contributed by atoms with van der Waals surface area (Å²) in [5, 5.41) is 0.839. The zero-order valence-electron chi connectivity index (χ0n) is 20.6. The summed E-state index contributed by atoms with van der Waals surface area (Å²) in [7, 11) is 1.29. The average molecular weight is 490 g/mol. The number of fused-ring (bicyclic) bond motifs is 3. The van der Waals surface area contributed by atoms with Crippen molar-refractivity contribution >= 4 is 34.1 Å². The van der Waals surface area contributed by atoms with Crippen LogP contribution in [0.4, 0.5) is 4.79 Å². The summed E-state index contributed by atoms with van der Waals surface area (Å²) in [6.45, 7) is 5.44. The lowest BCUT2D eigenvalue weighted by Gasteiger charge is -2.27. The Hall–Kier alpha value is -4.14. The van der Waals surface area contributed by atoms with Gasteiger partial charge in [-0.3, -0.25) is 4.90 Å². The van der Waals surface area contributed by atoms with Crippen LogP contribution in [0, 0.1) is 0 Å². The van der Waals surface area contributed by atoms with Gasteiger partial charge >= 0.3 is 12.1 Å². The number of nitrogens with zero attached hydrogens (tertiary/aromatic N) is 3. The molecule has 2 unspecified atom stereocenters. The topological polar surface area (TPSA) is 104 Å². The highest BCUT2D eigenvalue weighted by Gasteiger charge is 2.43. The van der Waals surface area contributed by atoms with Crippen molar-refractivity contribution in [3.8, 4) is 17.3 Å². The monoisotopic (exact) mass is 489 g/mol. The second kappa shape index (κ2) is 9.14. The standard InChI is InChI=1S/C27H27N3O6/c1-27(2,3)36-26(32)30-15-17(14-19(30)25(31)33-4)34-24-22-21(18-12-8-9-13-20(18)35-22)28-23(29-24)16-10-6-5-7-11-16/h5-13,17,19H,14-15H2,1-4H3. The summed E-state index contributed by atoms with van der Waals surface area (Å²) < 4.78 is 22.8. The maximum absolute atomic E-state index is 12.9. The maximum atomic E-state index is 12.9. The van der Waals surface area contributed by atoms with Gasteiger partial charge < -0.3 is 18.6 Å². The van der Waals surface area contributed by atoms with Crippen LogP contribution in [-0.4, -0.2) is 58.3 Å². The summed E-state index contributed by atoms with van der Waals surface area (Å²) >= 11 is 0. The van der Waals surface area contributed by atoms with E-state index in [-0.39, 0.29) is 18.8 Å². The van der Waals surface area contributed by atoms with Crippen molar-refractivity contribution in [1.82, 2.24) is 14.9 Å². The Morgan fingerprint density at radius 1 is 1.03 bits per heavy atom. The van der Waals surface area contributed by atoms with E-state index < -0.39 is 29.8 Å². The molecule has 2 aromatic carbocycles. The summed E-state index contributed by atoms with van der Waals surface area (Å²) in [6, 6.07) is 16.3. The van der Waals surface area contributed by atoms with Gasteiger partial charge in [0.15, 0.2) is 5.82 Å². The molecule has 1 aliphatic rings. The zero-order chi connectivity index (χ0) is 25.4. The van der Waals surface area contributed by atoms with E-state index in [1.165, 1.54) is 12.0 Å². The Labute approximate surface area is 208 Å². The highest BCUT2D eigenvalue weighted by molar-refractivity contribution is 6.04. The number of hydrogen-bond acceptors (Lipinski definition) is 8. The second-order valence-electron chi connectivity index (χ2n) is 9.64. The summed E-state index contributed by atoms with van der Waals surface area (Å²) in [5.74, 6) is 0.194. The molecule has 5 rings (SSSR count). The first-order chi connectivity index (χ1) is 17.2. The number of likely N-dealkylation sites (tertiary alicyclic amines) is 1. The molecule has 9 nitrogen and oxygen atoms in total. The molecule has 0 N–H and O–H groups in total. The van der Waals surface area contributed by atoms with E-state index in [9.17, 15) is 9.59 Å². The molecular weight excluding hydrogens is 462 g/mol. The maximum Gasteiger partial charge on any atom is 0.411 e. The number of ether oxygens (including phenoxy) is 3. The van der Waals surface area contributed by atoms with E-state index in [0.717, 1.165) is 10.9 Å². The molecule has 1 fully saturated rings. The number of benzene rings is 2. The van der Waals surface area contributed by atoms with Crippen LogP contribution in [0.3, 0.4) is 0 Å². The Kier molecular flexibility index (Phi) is 5.99. The summed E-state index contributed by atoms with van der Waals surface area (Å²) in [5.41, 5.74) is 1.80. The fourth-order valence-corrected chi connectivity index (χ4v) is 4.28. The Balaban J connectivity index is 1.53. The SMILES string of the molecule is COC(=O)C1CC(Oc2nc(-c3ccccc3)nc3c2oc2ccccc23)CN1C(=O)OC(C)(C)C. The zero-order valence-corrected chi connectivity index (χ0v) is 20.6. The van der Waals surface area contributed by atoms with E-state index in [4.69, 9.17) is 23.6 Å². The number of hydrogen-bond donors (Lipinski definition) is 0. The molecule has 1 amide bonds. The highest BCUT2D eigenvalue weighted by Crippen LogP contribution is 2.36. The number of carbonyl (C=O) groups excluding carboxylic acids is 2. The molecule has 2 aromatic heterocycles. The van der Waals surface area contributed by atoms with Crippen LogP contribution in [0.2, 0.25) is 0 Å². The van der Waals surface area contributed by atoms with Crippen LogP contribution in [0.15, 0.2) is 59.0 Å². The first-order valence-electron chi connectivity index (χ1n) is 11.7. The van der Waals surface area contributed by atoms with E-state index >= 15 is 0 Å². The van der Waals surface area contributed by atoms with Crippen molar-refractivity contribution in [3.63, 3.8) is 0 Å². The molecule has 36 heavy (non-hydrogen) atoms. The van der Waals surface area contributed by atoms with Crippen LogP contribution < -0.4 is 4.74 Å². The van der Waals surface area contributed by atoms with E-state index in [0.29, 0.717) is 22.5 Å². The molecule has 0 spiro atoms. The van der Waals surface area contributed by atoms with Crippen molar-refractivity contribution in [2.24, 2.45) is 0 Å². The smallest absolute Gasteiger partial charge is 0.411 e. The first kappa shape index (κ1) is 23.6. The molecule has 4 aromatic rings. The molecule has 0 radical (unpaired) electrons. The van der Waals surface area contributed by atoms with Gasteiger partial charge in [-0.1, -0.05) is 42.5 Å². The lowest BCUT2D eigenvalue weighted by Crippen LogP contribution is -2.44. The van der Waals surface area contributed by atoms with Gasteiger partial charge in [-0.05, 0) is 32.9 Å². The second-order valence-corrected chi connectivity index (χ2v) is 9.64. The van der Waals surface area contributed by atoms with Gasteiger partial charge in [0.2, 0.25) is 5.58 Å². The van der Waals surface area contributed by atoms with Gasteiger partial charge in [0.25, 0.3) is 5.88 Å². The predicted molar refractivity (Wildman–Crippen MR) is 133 cm³/mol. The number of methoxy groups -OCH3 is 1. The number of furan rings is 1. The molecule has 186 valence electrons. The fourth-order valence-electron chi connectivity index (χ4n) is 4.28. The average Bonchev–Trinajstić information content (AvgIpc) is 3.45. The van der Waals surface area contributed by atoms with Crippen LogP contribution >= 0.6 is 0 Å². The third-order valence-electron chi connectivity index (χ3n) is 5.86. The van der Waals surface area contributed by atoms with Crippen molar-refractivity contribution in [2.45, 2.75) is 44.9 Å². The number of rotatable bonds is 4. The molecule has 9 heteroatoms. The summed E-state index contributed by atoms with van der Waals surface area (Å²) in [4.78, 5) is 36.1. The predicted octanol–water partition coefficient (Wildman–Crippen LogP) is 4.97. The molecule has 0 aliphatic carbocycles. The molecule has 0 saturated carbocycles. The highest BCUT2D eigenvalue weighted by atomic mass is 16.6.